The van der Waals surface area contributed by atoms with Crippen LogP contribution in [0, 0.1) is 6.92 Å². The summed E-state index contributed by atoms with van der Waals surface area (Å²) in [6, 6.07) is 5.44. The highest BCUT2D eigenvalue weighted by Gasteiger charge is 2.19. The van der Waals surface area contributed by atoms with Gasteiger partial charge in [-0.05, 0) is 45.0 Å². The summed E-state index contributed by atoms with van der Waals surface area (Å²) < 4.78 is 0. The molecule has 0 aliphatic carbocycles. The fourth-order valence-corrected chi connectivity index (χ4v) is 2.01. The Labute approximate surface area is 120 Å². The SMILES string of the molecule is CCN(CC(=O)Nc1cccc(N)c1C)CC(C)(C)O. The Balaban J connectivity index is 2.65. The molecule has 1 aromatic rings. The molecular weight excluding hydrogens is 254 g/mol. The van der Waals surface area contributed by atoms with Crippen LogP contribution in [0.3, 0.4) is 0 Å². The van der Waals surface area contributed by atoms with Crippen molar-refractivity contribution < 1.29 is 9.90 Å². The molecule has 4 N–H and O–H groups in total. The largest absolute Gasteiger partial charge is 0.398 e. The van der Waals surface area contributed by atoms with E-state index in [1.807, 2.05) is 30.9 Å². The third kappa shape index (κ3) is 5.19. The van der Waals surface area contributed by atoms with E-state index in [1.54, 1.807) is 19.9 Å². The first kappa shape index (κ1) is 16.5. The fourth-order valence-electron chi connectivity index (χ4n) is 2.01. The molecule has 5 nitrogen and oxygen atoms in total. The number of aliphatic hydroxyl groups is 1. The summed E-state index contributed by atoms with van der Waals surface area (Å²) >= 11 is 0. The summed E-state index contributed by atoms with van der Waals surface area (Å²) in [4.78, 5) is 14.0. The Morgan fingerprint density at radius 2 is 2.10 bits per heavy atom. The van der Waals surface area contributed by atoms with E-state index in [0.29, 0.717) is 18.8 Å². The molecule has 1 rings (SSSR count). The van der Waals surface area contributed by atoms with Gasteiger partial charge in [0.05, 0.1) is 12.1 Å². The van der Waals surface area contributed by atoms with Gasteiger partial charge in [0.25, 0.3) is 0 Å². The standard InChI is InChI=1S/C15H25N3O2/c1-5-18(10-15(3,4)20)9-14(19)17-13-8-6-7-12(16)11(13)2/h6-8,20H,5,9-10,16H2,1-4H3,(H,17,19). The second-order valence-corrected chi connectivity index (χ2v) is 5.68. The summed E-state index contributed by atoms with van der Waals surface area (Å²) in [5, 5.41) is 12.7. The number of benzene rings is 1. The zero-order valence-corrected chi connectivity index (χ0v) is 12.7. The predicted molar refractivity (Wildman–Crippen MR) is 82.6 cm³/mol. The molecule has 0 fully saturated rings. The third-order valence-corrected chi connectivity index (χ3v) is 3.07. The van der Waals surface area contributed by atoms with E-state index in [1.165, 1.54) is 0 Å². The van der Waals surface area contributed by atoms with Gasteiger partial charge in [-0.15, -0.1) is 0 Å². The van der Waals surface area contributed by atoms with Crippen LogP contribution in [0.5, 0.6) is 0 Å². The van der Waals surface area contributed by atoms with Crippen LogP contribution in [0.15, 0.2) is 18.2 Å². The quantitative estimate of drug-likeness (QED) is 0.691. The van der Waals surface area contributed by atoms with E-state index in [0.717, 1.165) is 11.3 Å². The number of carbonyl (C=O) groups excluding carboxylic acids is 1. The molecule has 1 amide bonds. The minimum atomic E-state index is -0.816. The van der Waals surface area contributed by atoms with Gasteiger partial charge in [0.15, 0.2) is 0 Å². The first-order valence-electron chi connectivity index (χ1n) is 6.82. The number of likely N-dealkylation sites (N-methyl/N-ethyl adjacent to an activating group) is 1. The second-order valence-electron chi connectivity index (χ2n) is 5.68. The first-order chi connectivity index (χ1) is 9.23. The van der Waals surface area contributed by atoms with Crippen LogP contribution in [0.4, 0.5) is 11.4 Å². The van der Waals surface area contributed by atoms with Crippen LogP contribution in [0.25, 0.3) is 0 Å². The average molecular weight is 279 g/mol. The number of nitrogens with zero attached hydrogens (tertiary/aromatic N) is 1. The Kier molecular flexibility index (Phi) is 5.53. The maximum atomic E-state index is 12.1. The number of nitrogens with one attached hydrogen (secondary N) is 1. The third-order valence-electron chi connectivity index (χ3n) is 3.07. The molecule has 0 atom stereocenters. The minimum absolute atomic E-state index is 0.107. The molecular formula is C15H25N3O2. The van der Waals surface area contributed by atoms with Crippen molar-refractivity contribution in [3.63, 3.8) is 0 Å². The minimum Gasteiger partial charge on any atom is -0.398 e. The van der Waals surface area contributed by atoms with Crippen molar-refractivity contribution in [3.8, 4) is 0 Å². The van der Waals surface area contributed by atoms with Crippen molar-refractivity contribution in [1.29, 1.82) is 0 Å². The van der Waals surface area contributed by atoms with Crippen LogP contribution in [0.1, 0.15) is 26.3 Å². The maximum Gasteiger partial charge on any atom is 0.238 e. The number of hydrogen-bond acceptors (Lipinski definition) is 4. The van der Waals surface area contributed by atoms with Gasteiger partial charge in [0.1, 0.15) is 0 Å². The number of hydrogen-bond donors (Lipinski definition) is 3. The van der Waals surface area contributed by atoms with Crippen molar-refractivity contribution in [2.45, 2.75) is 33.3 Å². The van der Waals surface area contributed by atoms with Crippen LogP contribution >= 0.6 is 0 Å². The van der Waals surface area contributed by atoms with Gasteiger partial charge in [-0.3, -0.25) is 9.69 Å². The molecule has 112 valence electrons. The zero-order chi connectivity index (χ0) is 15.3. The number of amides is 1. The van der Waals surface area contributed by atoms with Crippen molar-refractivity contribution in [1.82, 2.24) is 4.90 Å². The van der Waals surface area contributed by atoms with E-state index < -0.39 is 5.60 Å². The molecule has 0 spiro atoms. The molecule has 1 aromatic carbocycles. The van der Waals surface area contributed by atoms with Crippen LogP contribution in [0.2, 0.25) is 0 Å². The molecule has 0 aliphatic rings. The molecule has 0 aliphatic heterocycles. The zero-order valence-electron chi connectivity index (χ0n) is 12.7. The van der Waals surface area contributed by atoms with Gasteiger partial charge >= 0.3 is 0 Å². The molecule has 0 heterocycles. The van der Waals surface area contributed by atoms with E-state index in [-0.39, 0.29) is 12.5 Å². The molecule has 5 heteroatoms. The monoisotopic (exact) mass is 279 g/mol. The molecule has 0 radical (unpaired) electrons. The van der Waals surface area contributed by atoms with Crippen molar-refractivity contribution in [2.75, 3.05) is 30.7 Å². The predicted octanol–water partition coefficient (Wildman–Crippen LogP) is 1.61. The highest BCUT2D eigenvalue weighted by Crippen LogP contribution is 2.20. The highest BCUT2D eigenvalue weighted by molar-refractivity contribution is 5.93. The highest BCUT2D eigenvalue weighted by atomic mass is 16.3. The normalized spacial score (nSPS) is 11.7. The number of nitrogen functional groups attached to an aromatic ring is 1. The lowest BCUT2D eigenvalue weighted by atomic mass is 10.1. The van der Waals surface area contributed by atoms with Crippen LogP contribution < -0.4 is 11.1 Å². The van der Waals surface area contributed by atoms with Gasteiger partial charge in [0, 0.05) is 17.9 Å². The lowest BCUT2D eigenvalue weighted by Crippen LogP contribution is -2.42. The van der Waals surface area contributed by atoms with Crippen LogP contribution in [-0.4, -0.2) is 41.1 Å². The smallest absolute Gasteiger partial charge is 0.238 e. The van der Waals surface area contributed by atoms with Crippen molar-refractivity contribution >= 4 is 17.3 Å². The maximum absolute atomic E-state index is 12.1. The summed E-state index contributed by atoms with van der Waals surface area (Å²) in [5.74, 6) is -0.107. The second kappa shape index (κ2) is 6.72. The Morgan fingerprint density at radius 1 is 1.45 bits per heavy atom. The summed E-state index contributed by atoms with van der Waals surface area (Å²) in [6.45, 7) is 8.70. The Bertz CT molecular complexity index is 467. The molecule has 0 unspecified atom stereocenters. The topological polar surface area (TPSA) is 78.6 Å². The number of rotatable bonds is 6. The van der Waals surface area contributed by atoms with E-state index in [2.05, 4.69) is 5.32 Å². The van der Waals surface area contributed by atoms with Gasteiger partial charge in [-0.2, -0.15) is 0 Å². The number of carbonyl (C=O) groups is 1. The van der Waals surface area contributed by atoms with E-state index >= 15 is 0 Å². The molecule has 0 aromatic heterocycles. The van der Waals surface area contributed by atoms with E-state index in [9.17, 15) is 9.90 Å². The Morgan fingerprint density at radius 3 is 2.65 bits per heavy atom. The van der Waals surface area contributed by atoms with Crippen molar-refractivity contribution in [2.24, 2.45) is 0 Å². The van der Waals surface area contributed by atoms with Gasteiger partial charge in [0.2, 0.25) is 5.91 Å². The van der Waals surface area contributed by atoms with Crippen molar-refractivity contribution in [3.05, 3.63) is 23.8 Å². The van der Waals surface area contributed by atoms with Crippen LogP contribution in [-0.2, 0) is 4.79 Å². The average Bonchev–Trinajstić information content (AvgIpc) is 2.32. The summed E-state index contributed by atoms with van der Waals surface area (Å²) in [7, 11) is 0. The fraction of sp³-hybridized carbons (Fsp3) is 0.533. The van der Waals surface area contributed by atoms with Gasteiger partial charge < -0.3 is 16.2 Å². The number of anilines is 2. The molecule has 0 bridgehead atoms. The lowest BCUT2D eigenvalue weighted by Gasteiger charge is -2.27. The molecule has 20 heavy (non-hydrogen) atoms. The first-order valence-corrected chi connectivity index (χ1v) is 6.82. The van der Waals surface area contributed by atoms with E-state index in [4.69, 9.17) is 5.73 Å². The number of nitrogens with two attached hydrogens (primary N) is 1. The lowest BCUT2D eigenvalue weighted by molar-refractivity contribution is -0.117. The molecule has 0 saturated heterocycles. The molecule has 0 saturated carbocycles. The summed E-state index contributed by atoms with van der Waals surface area (Å²) in [6.07, 6.45) is 0. The Hall–Kier alpha value is -1.59. The van der Waals surface area contributed by atoms with Gasteiger partial charge in [-0.1, -0.05) is 13.0 Å². The summed E-state index contributed by atoms with van der Waals surface area (Å²) in [5.41, 5.74) is 7.25. The van der Waals surface area contributed by atoms with Gasteiger partial charge in [-0.25, -0.2) is 0 Å².